The molecule has 0 bridgehead atoms. The summed E-state index contributed by atoms with van der Waals surface area (Å²) < 4.78 is 15.4. The van der Waals surface area contributed by atoms with E-state index in [2.05, 4.69) is 39.4 Å². The number of fused-ring (bicyclic) bond motifs is 1. The van der Waals surface area contributed by atoms with Gasteiger partial charge in [-0.25, -0.2) is 19.0 Å². The number of nitrogens with zero attached hydrogens (tertiary/aromatic N) is 5. The minimum Gasteiger partial charge on any atom is -0.366 e. The van der Waals surface area contributed by atoms with Crippen LogP contribution in [0.25, 0.3) is 11.2 Å². The van der Waals surface area contributed by atoms with E-state index in [1.54, 1.807) is 22.9 Å². The van der Waals surface area contributed by atoms with Gasteiger partial charge in [-0.3, -0.25) is 0 Å². The molecular weight excluding hydrogens is 283 g/mol. The normalized spacial score (nSPS) is 12.5. The summed E-state index contributed by atoms with van der Waals surface area (Å²) in [5.41, 5.74) is 1.73. The lowest BCUT2D eigenvalue weighted by Gasteiger charge is -2.11. The zero-order valence-electron chi connectivity index (χ0n) is 12.5. The largest absolute Gasteiger partial charge is 0.366 e. The van der Waals surface area contributed by atoms with Crippen LogP contribution in [0.3, 0.4) is 0 Å². The summed E-state index contributed by atoms with van der Waals surface area (Å²) >= 11 is 0. The minimum absolute atomic E-state index is 0.266. The molecular formula is C15H17FN6. The first-order valence-corrected chi connectivity index (χ1v) is 7.23. The van der Waals surface area contributed by atoms with Crippen LogP contribution in [0.4, 0.5) is 10.2 Å². The van der Waals surface area contributed by atoms with Gasteiger partial charge in [-0.1, -0.05) is 30.3 Å². The molecule has 1 N–H and O–H groups in total. The van der Waals surface area contributed by atoms with Crippen molar-refractivity contribution in [1.29, 1.82) is 0 Å². The first kappa shape index (κ1) is 14.4. The maximum atomic E-state index is 13.8. The average Bonchev–Trinajstić information content (AvgIpc) is 2.94. The molecule has 2 heterocycles. The highest BCUT2D eigenvalue weighted by molar-refractivity contribution is 5.81. The molecule has 3 rings (SSSR count). The number of rotatable bonds is 5. The standard InChI is InChI=1S/C15H17FN6/c1-3-10(2)19-14-13-15(18-9-17-14)22(21-20-13)8-11-6-4-5-7-12(11)16/h4-7,9-10H,3,8H2,1-2H3,(H,17,18,19). The van der Waals surface area contributed by atoms with Gasteiger partial charge in [-0.05, 0) is 19.4 Å². The van der Waals surface area contributed by atoms with E-state index in [0.29, 0.717) is 22.5 Å². The van der Waals surface area contributed by atoms with Crippen molar-refractivity contribution < 1.29 is 4.39 Å². The molecule has 0 saturated carbocycles. The third-order valence-corrected chi connectivity index (χ3v) is 3.57. The van der Waals surface area contributed by atoms with Crippen molar-refractivity contribution in [2.24, 2.45) is 0 Å². The third-order valence-electron chi connectivity index (χ3n) is 3.57. The Bertz CT molecular complexity index is 785. The van der Waals surface area contributed by atoms with Crippen LogP contribution in [-0.2, 0) is 6.54 Å². The lowest BCUT2D eigenvalue weighted by atomic mass is 10.2. The van der Waals surface area contributed by atoms with Crippen LogP contribution in [-0.4, -0.2) is 31.0 Å². The van der Waals surface area contributed by atoms with Crippen molar-refractivity contribution in [3.63, 3.8) is 0 Å². The van der Waals surface area contributed by atoms with Gasteiger partial charge in [0.2, 0.25) is 0 Å². The SMILES string of the molecule is CCC(C)Nc1ncnc2c1nnn2Cc1ccccc1F. The molecule has 0 aliphatic carbocycles. The van der Waals surface area contributed by atoms with Gasteiger partial charge < -0.3 is 5.32 Å². The molecule has 114 valence electrons. The van der Waals surface area contributed by atoms with Gasteiger partial charge in [0.1, 0.15) is 12.1 Å². The second-order valence-electron chi connectivity index (χ2n) is 5.19. The van der Waals surface area contributed by atoms with E-state index in [4.69, 9.17) is 0 Å². The van der Waals surface area contributed by atoms with E-state index in [1.165, 1.54) is 12.4 Å². The van der Waals surface area contributed by atoms with Crippen molar-refractivity contribution >= 4 is 17.0 Å². The van der Waals surface area contributed by atoms with E-state index in [-0.39, 0.29) is 18.4 Å². The highest BCUT2D eigenvalue weighted by Gasteiger charge is 2.14. The Morgan fingerprint density at radius 2 is 2.09 bits per heavy atom. The predicted octanol–water partition coefficient (Wildman–Crippen LogP) is 2.62. The first-order chi connectivity index (χ1) is 10.7. The monoisotopic (exact) mass is 300 g/mol. The smallest absolute Gasteiger partial charge is 0.184 e. The maximum Gasteiger partial charge on any atom is 0.184 e. The Kier molecular flexibility index (Phi) is 3.95. The summed E-state index contributed by atoms with van der Waals surface area (Å²) in [6.45, 7) is 4.44. The Morgan fingerprint density at radius 3 is 2.86 bits per heavy atom. The fraction of sp³-hybridized carbons (Fsp3) is 0.333. The number of hydrogen-bond acceptors (Lipinski definition) is 5. The van der Waals surface area contributed by atoms with Crippen molar-refractivity contribution in [3.05, 3.63) is 42.0 Å². The van der Waals surface area contributed by atoms with E-state index >= 15 is 0 Å². The zero-order valence-corrected chi connectivity index (χ0v) is 12.5. The van der Waals surface area contributed by atoms with Crippen LogP contribution in [0, 0.1) is 5.82 Å². The number of aromatic nitrogens is 5. The van der Waals surface area contributed by atoms with Gasteiger partial charge in [0.05, 0.1) is 6.54 Å². The third kappa shape index (κ3) is 2.74. The fourth-order valence-corrected chi connectivity index (χ4v) is 2.13. The molecule has 0 aliphatic rings. The van der Waals surface area contributed by atoms with Gasteiger partial charge in [0.15, 0.2) is 17.0 Å². The number of hydrogen-bond donors (Lipinski definition) is 1. The lowest BCUT2D eigenvalue weighted by Crippen LogP contribution is -2.15. The quantitative estimate of drug-likeness (QED) is 0.784. The molecule has 0 fully saturated rings. The van der Waals surface area contributed by atoms with Crippen LogP contribution in [0.5, 0.6) is 0 Å². The molecule has 0 saturated heterocycles. The summed E-state index contributed by atoms with van der Waals surface area (Å²) in [7, 11) is 0. The van der Waals surface area contributed by atoms with E-state index in [9.17, 15) is 4.39 Å². The minimum atomic E-state index is -0.266. The second-order valence-corrected chi connectivity index (χ2v) is 5.19. The molecule has 6 nitrogen and oxygen atoms in total. The van der Waals surface area contributed by atoms with Crippen LogP contribution in [0.15, 0.2) is 30.6 Å². The highest BCUT2D eigenvalue weighted by Crippen LogP contribution is 2.18. The Hall–Kier alpha value is -2.57. The van der Waals surface area contributed by atoms with Crippen molar-refractivity contribution in [2.45, 2.75) is 32.9 Å². The Labute approximate surface area is 127 Å². The summed E-state index contributed by atoms with van der Waals surface area (Å²) in [4.78, 5) is 8.45. The molecule has 1 unspecified atom stereocenters. The van der Waals surface area contributed by atoms with E-state index < -0.39 is 0 Å². The average molecular weight is 300 g/mol. The fourth-order valence-electron chi connectivity index (χ4n) is 2.13. The highest BCUT2D eigenvalue weighted by atomic mass is 19.1. The van der Waals surface area contributed by atoms with Crippen LogP contribution < -0.4 is 5.32 Å². The summed E-state index contributed by atoms with van der Waals surface area (Å²) in [5.74, 6) is 0.386. The number of anilines is 1. The summed E-state index contributed by atoms with van der Waals surface area (Å²) in [6, 6.07) is 6.88. The second kappa shape index (κ2) is 6.05. The van der Waals surface area contributed by atoms with Crippen LogP contribution in [0.2, 0.25) is 0 Å². The van der Waals surface area contributed by atoms with Gasteiger partial charge in [-0.15, -0.1) is 5.10 Å². The lowest BCUT2D eigenvalue weighted by molar-refractivity contribution is 0.582. The first-order valence-electron chi connectivity index (χ1n) is 7.23. The molecule has 3 aromatic rings. The predicted molar refractivity (Wildman–Crippen MR) is 82.0 cm³/mol. The Balaban J connectivity index is 1.96. The molecule has 2 aromatic heterocycles. The molecule has 0 aliphatic heterocycles. The van der Waals surface area contributed by atoms with Crippen molar-refractivity contribution in [2.75, 3.05) is 5.32 Å². The van der Waals surface area contributed by atoms with Gasteiger partial charge in [-0.2, -0.15) is 0 Å². The molecule has 22 heavy (non-hydrogen) atoms. The summed E-state index contributed by atoms with van der Waals surface area (Å²) in [5, 5.41) is 11.5. The molecule has 7 heteroatoms. The van der Waals surface area contributed by atoms with Crippen molar-refractivity contribution in [3.8, 4) is 0 Å². The van der Waals surface area contributed by atoms with Gasteiger partial charge >= 0.3 is 0 Å². The zero-order chi connectivity index (χ0) is 15.5. The van der Waals surface area contributed by atoms with Crippen LogP contribution >= 0.6 is 0 Å². The molecule has 1 atom stereocenters. The number of benzene rings is 1. The molecule has 0 radical (unpaired) electrons. The van der Waals surface area contributed by atoms with E-state index in [0.717, 1.165) is 6.42 Å². The Morgan fingerprint density at radius 1 is 1.27 bits per heavy atom. The summed E-state index contributed by atoms with van der Waals surface area (Å²) in [6.07, 6.45) is 2.43. The molecule has 0 amide bonds. The number of halogens is 1. The van der Waals surface area contributed by atoms with E-state index in [1.807, 2.05) is 0 Å². The number of nitrogens with one attached hydrogen (secondary N) is 1. The van der Waals surface area contributed by atoms with Crippen molar-refractivity contribution in [1.82, 2.24) is 25.0 Å². The topological polar surface area (TPSA) is 68.5 Å². The van der Waals surface area contributed by atoms with Gasteiger partial charge in [0.25, 0.3) is 0 Å². The maximum absolute atomic E-state index is 13.8. The van der Waals surface area contributed by atoms with Crippen LogP contribution in [0.1, 0.15) is 25.8 Å². The molecule has 1 aromatic carbocycles. The molecule has 0 spiro atoms. The van der Waals surface area contributed by atoms with Gasteiger partial charge in [0, 0.05) is 11.6 Å².